The zero-order chi connectivity index (χ0) is 13.5. The van der Waals surface area contributed by atoms with Crippen molar-refractivity contribution in [3.05, 3.63) is 12.7 Å². The summed E-state index contributed by atoms with van der Waals surface area (Å²) < 4.78 is 4.96. The van der Waals surface area contributed by atoms with Gasteiger partial charge >= 0.3 is 5.97 Å². The minimum atomic E-state index is -0.865. The van der Waals surface area contributed by atoms with Crippen LogP contribution in [-0.2, 0) is 14.3 Å². The summed E-state index contributed by atoms with van der Waals surface area (Å²) in [7, 11) is 1.58. The molecule has 0 saturated heterocycles. The molecule has 0 aromatic rings. The molecule has 0 bridgehead atoms. The lowest BCUT2D eigenvalue weighted by Gasteiger charge is -2.26. The number of carboxylic acid groups (broad SMARTS) is 1. The fourth-order valence-electron chi connectivity index (χ4n) is 2.43. The average molecular weight is 255 g/mol. The van der Waals surface area contributed by atoms with E-state index in [0.29, 0.717) is 32.5 Å². The van der Waals surface area contributed by atoms with Gasteiger partial charge in [0.2, 0.25) is 5.91 Å². The molecule has 0 spiro atoms. The molecule has 1 rings (SSSR count). The molecule has 1 fully saturated rings. The monoisotopic (exact) mass is 255 g/mol. The Morgan fingerprint density at radius 1 is 1.44 bits per heavy atom. The van der Waals surface area contributed by atoms with Crippen LogP contribution in [0.15, 0.2) is 12.7 Å². The SMILES string of the molecule is C=CCN(CCOC)C(=O)C1CCCC1C(=O)O. The number of hydrogen-bond donors (Lipinski definition) is 1. The van der Waals surface area contributed by atoms with Gasteiger partial charge in [0, 0.05) is 20.2 Å². The van der Waals surface area contributed by atoms with E-state index in [0.717, 1.165) is 6.42 Å². The summed E-state index contributed by atoms with van der Waals surface area (Å²) in [6, 6.07) is 0. The lowest BCUT2D eigenvalue weighted by Crippen LogP contribution is -2.41. The first-order valence-corrected chi connectivity index (χ1v) is 6.23. The Bertz CT molecular complexity index is 316. The van der Waals surface area contributed by atoms with Crippen LogP contribution in [-0.4, -0.2) is 48.7 Å². The lowest BCUT2D eigenvalue weighted by atomic mass is 9.94. The first-order chi connectivity index (χ1) is 8.61. The van der Waals surface area contributed by atoms with E-state index in [1.807, 2.05) is 0 Å². The Balaban J connectivity index is 2.68. The second kappa shape index (κ2) is 7.16. The molecule has 1 amide bonds. The zero-order valence-electron chi connectivity index (χ0n) is 10.8. The van der Waals surface area contributed by atoms with Crippen molar-refractivity contribution in [2.24, 2.45) is 11.8 Å². The summed E-state index contributed by atoms with van der Waals surface area (Å²) in [6.07, 6.45) is 3.71. The van der Waals surface area contributed by atoms with Gasteiger partial charge in [0.25, 0.3) is 0 Å². The number of carboxylic acids is 1. The van der Waals surface area contributed by atoms with E-state index in [1.165, 1.54) is 0 Å². The normalized spacial score (nSPS) is 22.7. The fraction of sp³-hybridized carbons (Fsp3) is 0.692. The predicted molar refractivity (Wildman–Crippen MR) is 67.1 cm³/mol. The number of methoxy groups -OCH3 is 1. The lowest BCUT2D eigenvalue weighted by molar-refractivity contribution is -0.149. The summed E-state index contributed by atoms with van der Waals surface area (Å²) in [6.45, 7) is 4.98. The Kier molecular flexibility index (Phi) is 5.85. The number of hydrogen-bond acceptors (Lipinski definition) is 3. The molecule has 5 heteroatoms. The molecular weight excluding hydrogens is 234 g/mol. The van der Waals surface area contributed by atoms with Crippen molar-refractivity contribution in [3.8, 4) is 0 Å². The topological polar surface area (TPSA) is 66.8 Å². The third-order valence-corrected chi connectivity index (χ3v) is 3.38. The van der Waals surface area contributed by atoms with Crippen LogP contribution in [0.3, 0.4) is 0 Å². The summed E-state index contributed by atoms with van der Waals surface area (Å²) in [5, 5.41) is 9.10. The average Bonchev–Trinajstić information content (AvgIpc) is 2.82. The maximum absolute atomic E-state index is 12.3. The predicted octanol–water partition coefficient (Wildman–Crippen LogP) is 1.15. The van der Waals surface area contributed by atoms with Crippen molar-refractivity contribution in [2.75, 3.05) is 26.8 Å². The quantitative estimate of drug-likeness (QED) is 0.693. The van der Waals surface area contributed by atoms with Gasteiger partial charge in [0.1, 0.15) is 0 Å². The summed E-state index contributed by atoms with van der Waals surface area (Å²) in [5.41, 5.74) is 0. The van der Waals surface area contributed by atoms with Crippen molar-refractivity contribution < 1.29 is 19.4 Å². The molecule has 0 radical (unpaired) electrons. The van der Waals surface area contributed by atoms with Crippen LogP contribution < -0.4 is 0 Å². The third kappa shape index (κ3) is 3.57. The maximum atomic E-state index is 12.3. The molecule has 0 heterocycles. The van der Waals surface area contributed by atoms with Crippen LogP contribution >= 0.6 is 0 Å². The van der Waals surface area contributed by atoms with Gasteiger partial charge in [0.15, 0.2) is 0 Å². The van der Waals surface area contributed by atoms with Crippen LogP contribution in [0.4, 0.5) is 0 Å². The molecule has 1 aliphatic rings. The minimum absolute atomic E-state index is 0.0862. The van der Waals surface area contributed by atoms with E-state index in [9.17, 15) is 9.59 Å². The minimum Gasteiger partial charge on any atom is -0.481 e. The van der Waals surface area contributed by atoms with Gasteiger partial charge in [0.05, 0.1) is 18.4 Å². The van der Waals surface area contributed by atoms with E-state index >= 15 is 0 Å². The highest BCUT2D eigenvalue weighted by Crippen LogP contribution is 2.33. The van der Waals surface area contributed by atoms with Crippen molar-refractivity contribution in [1.82, 2.24) is 4.90 Å². The summed E-state index contributed by atoms with van der Waals surface area (Å²) in [4.78, 5) is 25.0. The molecule has 0 aromatic heterocycles. The first kappa shape index (κ1) is 14.7. The molecule has 0 aromatic carbocycles. The number of ether oxygens (including phenoxy) is 1. The van der Waals surface area contributed by atoms with Gasteiger partial charge in [-0.2, -0.15) is 0 Å². The van der Waals surface area contributed by atoms with Crippen molar-refractivity contribution in [3.63, 3.8) is 0 Å². The number of carbonyl (C=O) groups is 2. The Labute approximate surface area is 107 Å². The zero-order valence-corrected chi connectivity index (χ0v) is 10.8. The molecule has 5 nitrogen and oxygen atoms in total. The van der Waals surface area contributed by atoms with Gasteiger partial charge in [-0.1, -0.05) is 12.5 Å². The molecule has 1 N–H and O–H groups in total. The van der Waals surface area contributed by atoms with Crippen LogP contribution in [0.25, 0.3) is 0 Å². The van der Waals surface area contributed by atoms with Crippen molar-refractivity contribution in [1.29, 1.82) is 0 Å². The number of nitrogens with zero attached hydrogens (tertiary/aromatic N) is 1. The van der Waals surface area contributed by atoms with Gasteiger partial charge in [-0.15, -0.1) is 6.58 Å². The second-order valence-corrected chi connectivity index (χ2v) is 4.55. The van der Waals surface area contributed by atoms with Gasteiger partial charge in [-0.25, -0.2) is 0 Å². The number of rotatable bonds is 7. The molecule has 102 valence electrons. The van der Waals surface area contributed by atoms with E-state index in [4.69, 9.17) is 9.84 Å². The van der Waals surface area contributed by atoms with Gasteiger partial charge in [-0.05, 0) is 12.8 Å². The number of aliphatic carboxylic acids is 1. The standard InChI is InChI=1S/C13H21NO4/c1-3-7-14(8-9-18-2)12(15)10-5-4-6-11(10)13(16)17/h3,10-11H,1,4-9H2,2H3,(H,16,17). The Morgan fingerprint density at radius 3 is 2.67 bits per heavy atom. The fourth-order valence-corrected chi connectivity index (χ4v) is 2.43. The summed E-state index contributed by atoms with van der Waals surface area (Å²) >= 11 is 0. The second-order valence-electron chi connectivity index (χ2n) is 4.55. The molecular formula is C13H21NO4. The van der Waals surface area contributed by atoms with Crippen LogP contribution in [0.2, 0.25) is 0 Å². The van der Waals surface area contributed by atoms with Gasteiger partial charge < -0.3 is 14.7 Å². The van der Waals surface area contributed by atoms with Crippen molar-refractivity contribution in [2.45, 2.75) is 19.3 Å². The van der Waals surface area contributed by atoms with E-state index < -0.39 is 11.9 Å². The number of amides is 1. The highest BCUT2D eigenvalue weighted by molar-refractivity contribution is 5.85. The highest BCUT2D eigenvalue weighted by atomic mass is 16.5. The largest absolute Gasteiger partial charge is 0.481 e. The molecule has 2 unspecified atom stereocenters. The third-order valence-electron chi connectivity index (χ3n) is 3.38. The molecule has 0 aliphatic heterocycles. The highest BCUT2D eigenvalue weighted by Gasteiger charge is 2.39. The van der Waals surface area contributed by atoms with E-state index in [2.05, 4.69) is 6.58 Å². The smallest absolute Gasteiger partial charge is 0.307 e. The van der Waals surface area contributed by atoms with Gasteiger partial charge in [-0.3, -0.25) is 9.59 Å². The molecule has 1 saturated carbocycles. The maximum Gasteiger partial charge on any atom is 0.307 e. The first-order valence-electron chi connectivity index (χ1n) is 6.23. The van der Waals surface area contributed by atoms with Crippen molar-refractivity contribution >= 4 is 11.9 Å². The molecule has 2 atom stereocenters. The Hall–Kier alpha value is -1.36. The van der Waals surface area contributed by atoms with Crippen LogP contribution in [0, 0.1) is 11.8 Å². The van der Waals surface area contributed by atoms with Crippen LogP contribution in [0.1, 0.15) is 19.3 Å². The molecule has 1 aliphatic carbocycles. The Morgan fingerprint density at radius 2 is 2.11 bits per heavy atom. The summed E-state index contributed by atoms with van der Waals surface area (Å²) in [5.74, 6) is -1.88. The molecule has 18 heavy (non-hydrogen) atoms. The van der Waals surface area contributed by atoms with Crippen LogP contribution in [0.5, 0.6) is 0 Å². The number of carbonyl (C=O) groups excluding carboxylic acids is 1. The van der Waals surface area contributed by atoms with E-state index in [-0.39, 0.29) is 11.8 Å². The van der Waals surface area contributed by atoms with E-state index in [1.54, 1.807) is 18.1 Å².